The van der Waals surface area contributed by atoms with Crippen LogP contribution in [-0.2, 0) is 4.79 Å². The highest BCUT2D eigenvalue weighted by Crippen LogP contribution is 2.22. The number of allylic oxidation sites excluding steroid dienone is 1. The number of hydrogen-bond acceptors (Lipinski definition) is 4. The molecule has 1 aliphatic heterocycles. The van der Waals surface area contributed by atoms with Crippen LogP contribution in [0.15, 0.2) is 35.9 Å². The van der Waals surface area contributed by atoms with Crippen molar-refractivity contribution < 1.29 is 9.53 Å². The van der Waals surface area contributed by atoms with Gasteiger partial charge in [-0.15, -0.1) is 0 Å². The van der Waals surface area contributed by atoms with E-state index in [1.54, 1.807) is 7.11 Å². The number of benzene rings is 1. The second-order valence-corrected chi connectivity index (χ2v) is 7.17. The van der Waals surface area contributed by atoms with Gasteiger partial charge < -0.3 is 15.0 Å². The molecule has 1 N–H and O–H groups in total. The first-order valence-electron chi connectivity index (χ1n) is 9.80. The van der Waals surface area contributed by atoms with Crippen molar-refractivity contribution in [2.45, 2.75) is 32.1 Å². The number of amides is 1. The number of methoxy groups -OCH3 is 1. The monoisotopic (exact) mass is 357 g/mol. The van der Waals surface area contributed by atoms with Gasteiger partial charge in [0.05, 0.1) is 13.7 Å². The second kappa shape index (κ2) is 9.62. The van der Waals surface area contributed by atoms with Gasteiger partial charge >= 0.3 is 0 Å². The van der Waals surface area contributed by atoms with Crippen molar-refractivity contribution in [2.24, 2.45) is 0 Å². The molecular formula is C21H31N3O2. The zero-order valence-electron chi connectivity index (χ0n) is 15.9. The summed E-state index contributed by atoms with van der Waals surface area (Å²) >= 11 is 0. The Labute approximate surface area is 157 Å². The van der Waals surface area contributed by atoms with Crippen molar-refractivity contribution in [2.75, 3.05) is 51.3 Å². The first-order valence-corrected chi connectivity index (χ1v) is 9.80. The largest absolute Gasteiger partial charge is 0.497 e. The van der Waals surface area contributed by atoms with Gasteiger partial charge in [-0.3, -0.25) is 9.69 Å². The third kappa shape index (κ3) is 5.49. The van der Waals surface area contributed by atoms with E-state index in [1.807, 2.05) is 12.1 Å². The molecule has 1 fully saturated rings. The van der Waals surface area contributed by atoms with Gasteiger partial charge in [-0.1, -0.05) is 17.7 Å². The minimum Gasteiger partial charge on any atom is -0.497 e. The number of rotatable bonds is 7. The van der Waals surface area contributed by atoms with E-state index in [1.165, 1.54) is 36.9 Å². The lowest BCUT2D eigenvalue weighted by Gasteiger charge is -2.35. The Morgan fingerprint density at radius 1 is 1.19 bits per heavy atom. The zero-order valence-corrected chi connectivity index (χ0v) is 15.9. The van der Waals surface area contributed by atoms with Crippen LogP contribution in [0, 0.1) is 0 Å². The van der Waals surface area contributed by atoms with E-state index in [0.717, 1.165) is 44.9 Å². The number of hydrogen-bond donors (Lipinski definition) is 1. The Balaban J connectivity index is 1.36. The van der Waals surface area contributed by atoms with Crippen LogP contribution < -0.4 is 15.0 Å². The highest BCUT2D eigenvalue weighted by Gasteiger charge is 2.19. The molecule has 1 saturated heterocycles. The van der Waals surface area contributed by atoms with Crippen LogP contribution in [0.1, 0.15) is 32.1 Å². The Kier molecular flexibility index (Phi) is 6.95. The summed E-state index contributed by atoms with van der Waals surface area (Å²) in [4.78, 5) is 16.8. The molecule has 0 atom stereocenters. The number of piperazine rings is 1. The van der Waals surface area contributed by atoms with Crippen molar-refractivity contribution >= 4 is 11.6 Å². The Hall–Kier alpha value is -2.01. The fourth-order valence-corrected chi connectivity index (χ4v) is 3.72. The summed E-state index contributed by atoms with van der Waals surface area (Å²) in [5.74, 6) is 1.04. The van der Waals surface area contributed by atoms with Crippen molar-refractivity contribution in [3.8, 4) is 5.75 Å². The molecule has 0 bridgehead atoms. The summed E-state index contributed by atoms with van der Waals surface area (Å²) in [7, 11) is 1.69. The average Bonchev–Trinajstić information content (AvgIpc) is 2.69. The number of anilines is 1. The van der Waals surface area contributed by atoms with Crippen LogP contribution in [-0.4, -0.2) is 57.2 Å². The molecule has 0 radical (unpaired) electrons. The van der Waals surface area contributed by atoms with Crippen LogP contribution >= 0.6 is 0 Å². The van der Waals surface area contributed by atoms with Gasteiger partial charge in [0, 0.05) is 44.5 Å². The maximum atomic E-state index is 12.2. The summed E-state index contributed by atoms with van der Waals surface area (Å²) in [6.07, 6.45) is 8.40. The van der Waals surface area contributed by atoms with Crippen LogP contribution in [0.3, 0.4) is 0 Å². The topological polar surface area (TPSA) is 44.8 Å². The molecule has 1 aromatic carbocycles. The molecule has 1 aromatic rings. The Morgan fingerprint density at radius 2 is 2.04 bits per heavy atom. The lowest BCUT2D eigenvalue weighted by molar-refractivity contribution is -0.122. The molecule has 1 aliphatic carbocycles. The minimum absolute atomic E-state index is 0.149. The molecule has 0 saturated carbocycles. The van der Waals surface area contributed by atoms with Gasteiger partial charge in [0.2, 0.25) is 5.91 Å². The fraction of sp³-hybridized carbons (Fsp3) is 0.571. The summed E-state index contributed by atoms with van der Waals surface area (Å²) in [5.41, 5.74) is 2.71. The number of carbonyl (C=O) groups is 1. The van der Waals surface area contributed by atoms with Crippen LogP contribution in [0.4, 0.5) is 5.69 Å². The lowest BCUT2D eigenvalue weighted by atomic mass is 9.97. The third-order valence-electron chi connectivity index (χ3n) is 5.31. The first kappa shape index (κ1) is 18.8. The normalized spacial score (nSPS) is 18.3. The predicted octanol–water partition coefficient (Wildman–Crippen LogP) is 2.82. The lowest BCUT2D eigenvalue weighted by Crippen LogP contribution is -2.49. The van der Waals surface area contributed by atoms with Gasteiger partial charge in [-0.05, 0) is 44.2 Å². The highest BCUT2D eigenvalue weighted by molar-refractivity contribution is 5.78. The highest BCUT2D eigenvalue weighted by atomic mass is 16.5. The van der Waals surface area contributed by atoms with Crippen molar-refractivity contribution in [3.05, 3.63) is 35.9 Å². The van der Waals surface area contributed by atoms with Crippen LogP contribution in [0.2, 0.25) is 0 Å². The summed E-state index contributed by atoms with van der Waals surface area (Å²) in [6.45, 7) is 4.98. The number of nitrogens with zero attached hydrogens (tertiary/aromatic N) is 2. The van der Waals surface area contributed by atoms with E-state index in [2.05, 4.69) is 33.3 Å². The number of ether oxygens (including phenoxy) is 1. The molecule has 26 heavy (non-hydrogen) atoms. The molecule has 0 unspecified atom stereocenters. The van der Waals surface area contributed by atoms with Gasteiger partial charge in [0.15, 0.2) is 0 Å². The maximum absolute atomic E-state index is 12.2. The number of nitrogens with one attached hydrogen (secondary N) is 1. The van der Waals surface area contributed by atoms with Crippen molar-refractivity contribution in [3.63, 3.8) is 0 Å². The zero-order chi connectivity index (χ0) is 18.2. The molecule has 0 aromatic heterocycles. The van der Waals surface area contributed by atoms with Gasteiger partial charge in [0.25, 0.3) is 0 Å². The van der Waals surface area contributed by atoms with Gasteiger partial charge in [0.1, 0.15) is 5.75 Å². The van der Waals surface area contributed by atoms with Crippen LogP contribution in [0.25, 0.3) is 0 Å². The van der Waals surface area contributed by atoms with Crippen molar-refractivity contribution in [1.29, 1.82) is 0 Å². The summed E-state index contributed by atoms with van der Waals surface area (Å²) in [5, 5.41) is 3.08. The molecule has 0 spiro atoms. The minimum atomic E-state index is 0.149. The van der Waals surface area contributed by atoms with Crippen LogP contribution in [0.5, 0.6) is 5.75 Å². The summed E-state index contributed by atoms with van der Waals surface area (Å²) < 4.78 is 5.31. The van der Waals surface area contributed by atoms with Crippen molar-refractivity contribution in [1.82, 2.24) is 10.2 Å². The molecule has 5 nitrogen and oxygen atoms in total. The third-order valence-corrected chi connectivity index (χ3v) is 5.31. The molecule has 1 heterocycles. The molecule has 3 rings (SSSR count). The maximum Gasteiger partial charge on any atom is 0.234 e. The van der Waals surface area contributed by atoms with E-state index in [9.17, 15) is 4.79 Å². The fourth-order valence-electron chi connectivity index (χ4n) is 3.72. The molecule has 2 aliphatic rings. The molecule has 5 heteroatoms. The van der Waals surface area contributed by atoms with E-state index >= 15 is 0 Å². The quantitative estimate of drug-likeness (QED) is 0.762. The smallest absolute Gasteiger partial charge is 0.234 e. The van der Waals surface area contributed by atoms with E-state index < -0.39 is 0 Å². The van der Waals surface area contributed by atoms with Gasteiger partial charge in [-0.25, -0.2) is 0 Å². The van der Waals surface area contributed by atoms with Gasteiger partial charge in [-0.2, -0.15) is 0 Å². The molecule has 1 amide bonds. The standard InChI is InChI=1S/C21H31N3O2/c1-26-20-9-5-8-19(16-20)24-14-12-23(13-15-24)17-21(25)22-11-10-18-6-3-2-4-7-18/h5-6,8-9,16H,2-4,7,10-15,17H2,1H3,(H,22,25). The van der Waals surface area contributed by atoms with E-state index in [4.69, 9.17) is 4.74 Å². The first-order chi connectivity index (χ1) is 12.7. The van der Waals surface area contributed by atoms with E-state index in [-0.39, 0.29) is 5.91 Å². The number of carbonyl (C=O) groups excluding carboxylic acids is 1. The summed E-state index contributed by atoms with van der Waals surface area (Å²) in [6, 6.07) is 8.18. The molecular weight excluding hydrogens is 326 g/mol. The average molecular weight is 357 g/mol. The van der Waals surface area contributed by atoms with E-state index in [0.29, 0.717) is 6.54 Å². The second-order valence-electron chi connectivity index (χ2n) is 7.17. The predicted molar refractivity (Wildman–Crippen MR) is 106 cm³/mol. The Morgan fingerprint density at radius 3 is 2.77 bits per heavy atom. The Bertz CT molecular complexity index is 621. The molecule has 142 valence electrons. The SMILES string of the molecule is COc1cccc(N2CCN(CC(=O)NCCC3=CCCCC3)CC2)c1.